The lowest BCUT2D eigenvalue weighted by atomic mass is 10.2. The van der Waals surface area contributed by atoms with E-state index in [0.29, 0.717) is 22.8 Å². The number of anilines is 1. The Morgan fingerprint density at radius 2 is 1.90 bits per heavy atom. The second kappa shape index (κ2) is 9.19. The van der Waals surface area contributed by atoms with Gasteiger partial charge in [-0.15, -0.1) is 0 Å². The summed E-state index contributed by atoms with van der Waals surface area (Å²) in [7, 11) is -2.77. The number of benzene rings is 2. The number of carbonyl (C=O) groups excluding carboxylic acids is 1. The maximum Gasteiger partial charge on any atom is 0.251 e. The van der Waals surface area contributed by atoms with E-state index in [2.05, 4.69) is 15.3 Å². The van der Waals surface area contributed by atoms with Gasteiger partial charge >= 0.3 is 0 Å². The van der Waals surface area contributed by atoms with Crippen LogP contribution in [-0.4, -0.2) is 42.2 Å². The quantitative estimate of drug-likeness (QED) is 0.561. The second-order valence-electron chi connectivity index (χ2n) is 6.70. The lowest BCUT2D eigenvalue weighted by Gasteiger charge is -2.18. The molecule has 1 aromatic heterocycles. The highest BCUT2D eigenvalue weighted by Crippen LogP contribution is 2.27. The lowest BCUT2D eigenvalue weighted by molar-refractivity contribution is -0.116. The smallest absolute Gasteiger partial charge is 0.251 e. The number of hydrogen-bond acceptors (Lipinski definition) is 5. The first-order chi connectivity index (χ1) is 14.6. The molecule has 0 saturated heterocycles. The van der Waals surface area contributed by atoms with E-state index < -0.39 is 22.5 Å². The minimum atomic E-state index is -4.03. The first-order valence-electron chi connectivity index (χ1n) is 8.96. The lowest BCUT2D eigenvalue weighted by Crippen LogP contribution is -2.35. The van der Waals surface area contributed by atoms with Crippen molar-refractivity contribution in [3.8, 4) is 11.4 Å². The van der Waals surface area contributed by atoms with Crippen molar-refractivity contribution in [3.05, 3.63) is 74.6 Å². The molecule has 0 atom stereocenters. The SMILES string of the molecule is Cc1cc(=O)[nH]c(-c2cccc(NC(=O)CN(C)S(=O)(=O)c3cc(Cl)ccc3Cl)c2)n1. The van der Waals surface area contributed by atoms with Gasteiger partial charge in [0.25, 0.3) is 5.56 Å². The van der Waals surface area contributed by atoms with Crippen LogP contribution in [0.15, 0.2) is 58.2 Å². The Morgan fingerprint density at radius 1 is 1.16 bits per heavy atom. The van der Waals surface area contributed by atoms with Gasteiger partial charge in [0.15, 0.2) is 0 Å². The molecule has 2 N–H and O–H groups in total. The summed E-state index contributed by atoms with van der Waals surface area (Å²) in [4.78, 5) is 30.9. The van der Waals surface area contributed by atoms with Crippen molar-refractivity contribution in [2.24, 2.45) is 0 Å². The molecule has 0 spiro atoms. The molecule has 3 aromatic rings. The van der Waals surface area contributed by atoms with Gasteiger partial charge in [-0.2, -0.15) is 4.31 Å². The average Bonchev–Trinajstić information content (AvgIpc) is 2.69. The van der Waals surface area contributed by atoms with Gasteiger partial charge < -0.3 is 10.3 Å². The van der Waals surface area contributed by atoms with Crippen molar-refractivity contribution >= 4 is 44.8 Å². The molecule has 0 bridgehead atoms. The van der Waals surface area contributed by atoms with Gasteiger partial charge in [0.2, 0.25) is 15.9 Å². The highest BCUT2D eigenvalue weighted by Gasteiger charge is 2.25. The van der Waals surface area contributed by atoms with Crippen LogP contribution in [0.1, 0.15) is 5.69 Å². The summed E-state index contributed by atoms with van der Waals surface area (Å²) in [6, 6.07) is 12.1. The minimum absolute atomic E-state index is 0.00371. The van der Waals surface area contributed by atoms with Gasteiger partial charge in [0.05, 0.1) is 11.6 Å². The molecule has 8 nitrogen and oxygen atoms in total. The number of likely N-dealkylation sites (N-methyl/N-ethyl adjacent to an activating group) is 1. The molecule has 2 aromatic carbocycles. The molecule has 0 radical (unpaired) electrons. The van der Waals surface area contributed by atoms with Crippen LogP contribution in [0.3, 0.4) is 0 Å². The third kappa shape index (κ3) is 5.50. The number of halogens is 2. The number of amides is 1. The molecule has 11 heteroatoms. The number of rotatable bonds is 6. The number of sulfonamides is 1. The summed E-state index contributed by atoms with van der Waals surface area (Å²) < 4.78 is 26.4. The Balaban J connectivity index is 1.76. The van der Waals surface area contributed by atoms with Crippen LogP contribution in [0.25, 0.3) is 11.4 Å². The van der Waals surface area contributed by atoms with Crippen LogP contribution in [0.5, 0.6) is 0 Å². The summed E-state index contributed by atoms with van der Waals surface area (Å²) in [6.07, 6.45) is 0. The predicted molar refractivity (Wildman–Crippen MR) is 120 cm³/mol. The summed E-state index contributed by atoms with van der Waals surface area (Å²) >= 11 is 11.9. The first-order valence-corrected chi connectivity index (χ1v) is 11.2. The standard InChI is InChI=1S/C20H18Cl2N4O4S/c1-12-8-18(27)25-20(23-12)13-4-3-5-15(9-13)24-19(28)11-26(2)31(29,30)17-10-14(21)6-7-16(17)22/h3-10H,11H2,1-2H3,(H,24,28)(H,23,25,27). The van der Waals surface area contributed by atoms with Crippen molar-refractivity contribution in [2.75, 3.05) is 18.9 Å². The monoisotopic (exact) mass is 480 g/mol. The Labute approximate surface area is 188 Å². The maximum absolute atomic E-state index is 12.8. The molecule has 0 unspecified atom stereocenters. The number of aromatic amines is 1. The predicted octanol–water partition coefficient (Wildman–Crippen LogP) is 3.31. The van der Waals surface area contributed by atoms with Crippen molar-refractivity contribution < 1.29 is 13.2 Å². The van der Waals surface area contributed by atoms with Gasteiger partial charge in [0.1, 0.15) is 10.7 Å². The maximum atomic E-state index is 12.8. The molecule has 162 valence electrons. The molecule has 0 aliphatic heterocycles. The molecule has 0 fully saturated rings. The highest BCUT2D eigenvalue weighted by molar-refractivity contribution is 7.89. The van der Waals surface area contributed by atoms with E-state index in [9.17, 15) is 18.0 Å². The van der Waals surface area contributed by atoms with Crippen LogP contribution in [-0.2, 0) is 14.8 Å². The zero-order chi connectivity index (χ0) is 22.8. The fraction of sp³-hybridized carbons (Fsp3) is 0.150. The Kier molecular flexibility index (Phi) is 6.80. The van der Waals surface area contributed by atoms with Crippen molar-refractivity contribution in [2.45, 2.75) is 11.8 Å². The number of aryl methyl sites for hydroxylation is 1. The number of nitrogens with zero attached hydrogens (tertiary/aromatic N) is 2. The van der Waals surface area contributed by atoms with E-state index in [1.54, 1.807) is 31.2 Å². The normalized spacial score (nSPS) is 11.5. The highest BCUT2D eigenvalue weighted by atomic mass is 35.5. The molecular weight excluding hydrogens is 463 g/mol. The van der Waals surface area contributed by atoms with E-state index in [0.717, 1.165) is 4.31 Å². The van der Waals surface area contributed by atoms with Crippen LogP contribution in [0.4, 0.5) is 5.69 Å². The third-order valence-electron chi connectivity index (χ3n) is 4.24. The second-order valence-corrected chi connectivity index (χ2v) is 9.56. The number of H-pyrrole nitrogens is 1. The van der Waals surface area contributed by atoms with E-state index in [-0.39, 0.29) is 20.5 Å². The van der Waals surface area contributed by atoms with E-state index in [1.165, 1.54) is 31.3 Å². The molecule has 3 rings (SSSR count). The molecule has 0 saturated carbocycles. The van der Waals surface area contributed by atoms with Gasteiger partial charge in [-0.25, -0.2) is 13.4 Å². The van der Waals surface area contributed by atoms with Crippen molar-refractivity contribution in [1.82, 2.24) is 14.3 Å². The summed E-state index contributed by atoms with van der Waals surface area (Å²) in [6.45, 7) is 1.25. The largest absolute Gasteiger partial charge is 0.325 e. The fourth-order valence-electron chi connectivity index (χ4n) is 2.79. The zero-order valence-electron chi connectivity index (χ0n) is 16.5. The van der Waals surface area contributed by atoms with Crippen molar-refractivity contribution in [3.63, 3.8) is 0 Å². The summed E-state index contributed by atoms with van der Waals surface area (Å²) in [5.41, 5.74) is 1.27. The third-order valence-corrected chi connectivity index (χ3v) is 6.76. The van der Waals surface area contributed by atoms with Crippen LogP contribution in [0.2, 0.25) is 10.0 Å². The molecule has 31 heavy (non-hydrogen) atoms. The van der Waals surface area contributed by atoms with E-state index in [4.69, 9.17) is 23.2 Å². The van der Waals surface area contributed by atoms with Crippen LogP contribution in [0, 0.1) is 6.92 Å². The number of hydrogen-bond donors (Lipinski definition) is 2. The number of carbonyl (C=O) groups is 1. The van der Waals surface area contributed by atoms with Gasteiger partial charge in [-0.3, -0.25) is 9.59 Å². The minimum Gasteiger partial charge on any atom is -0.325 e. The first kappa shape index (κ1) is 23.0. The molecule has 1 heterocycles. The zero-order valence-corrected chi connectivity index (χ0v) is 18.8. The molecular formula is C20H18Cl2N4O4S. The Bertz CT molecular complexity index is 1310. The summed E-state index contributed by atoms with van der Waals surface area (Å²) in [5.74, 6) is -0.205. The van der Waals surface area contributed by atoms with Gasteiger partial charge in [-0.1, -0.05) is 35.3 Å². The van der Waals surface area contributed by atoms with E-state index in [1.807, 2.05) is 0 Å². The Morgan fingerprint density at radius 3 is 2.61 bits per heavy atom. The molecule has 0 aliphatic rings. The van der Waals surface area contributed by atoms with Crippen LogP contribution < -0.4 is 10.9 Å². The van der Waals surface area contributed by atoms with Crippen LogP contribution >= 0.6 is 23.2 Å². The topological polar surface area (TPSA) is 112 Å². The van der Waals surface area contributed by atoms with Gasteiger partial charge in [-0.05, 0) is 37.3 Å². The number of nitrogens with one attached hydrogen (secondary N) is 2. The molecule has 1 amide bonds. The average molecular weight is 481 g/mol. The number of aromatic nitrogens is 2. The van der Waals surface area contributed by atoms with E-state index >= 15 is 0 Å². The Hall–Kier alpha value is -2.72. The van der Waals surface area contributed by atoms with Crippen molar-refractivity contribution in [1.29, 1.82) is 0 Å². The fourth-order valence-corrected chi connectivity index (χ4v) is 4.65. The molecule has 0 aliphatic carbocycles. The summed E-state index contributed by atoms with van der Waals surface area (Å²) in [5, 5.41) is 2.85. The van der Waals surface area contributed by atoms with Gasteiger partial charge in [0, 0.05) is 35.1 Å².